The average Bonchev–Trinajstić information content (AvgIpc) is 3.27. The van der Waals surface area contributed by atoms with Gasteiger partial charge >= 0.3 is 0 Å². The van der Waals surface area contributed by atoms with Gasteiger partial charge in [0.15, 0.2) is 0 Å². The molecule has 3 N–H and O–H groups in total. The Morgan fingerprint density at radius 1 is 1.35 bits per heavy atom. The summed E-state index contributed by atoms with van der Waals surface area (Å²) in [6.07, 6.45) is 4.59. The van der Waals surface area contributed by atoms with Crippen LogP contribution in [0.3, 0.4) is 0 Å². The van der Waals surface area contributed by atoms with Gasteiger partial charge in [0.1, 0.15) is 12.4 Å². The maximum Gasteiger partial charge on any atom is 0.255 e. The molecule has 1 heterocycles. The number of nitrogens with one attached hydrogen (secondary N) is 1. The number of hydrogen-bond acceptors (Lipinski definition) is 4. The molecule has 0 bridgehead atoms. The van der Waals surface area contributed by atoms with Gasteiger partial charge < -0.3 is 20.5 Å². The lowest BCUT2D eigenvalue weighted by Gasteiger charge is -2.16. The Morgan fingerprint density at radius 3 is 2.83 bits per heavy atom. The van der Waals surface area contributed by atoms with Crippen LogP contribution >= 0.6 is 12.4 Å². The molecule has 0 radical (unpaired) electrons. The minimum atomic E-state index is -0.126. The highest BCUT2D eigenvalue weighted by Gasteiger charge is 2.28. The van der Waals surface area contributed by atoms with Gasteiger partial charge in [-0.05, 0) is 43.7 Å². The smallest absolute Gasteiger partial charge is 0.255 e. The van der Waals surface area contributed by atoms with Crippen LogP contribution in [-0.2, 0) is 4.74 Å². The van der Waals surface area contributed by atoms with E-state index in [0.29, 0.717) is 30.4 Å². The summed E-state index contributed by atoms with van der Waals surface area (Å²) in [6.45, 7) is 1.81. The maximum absolute atomic E-state index is 12.3. The summed E-state index contributed by atoms with van der Waals surface area (Å²) in [5.74, 6) is 1.06. The van der Waals surface area contributed by atoms with Crippen LogP contribution < -0.4 is 15.8 Å². The van der Waals surface area contributed by atoms with E-state index < -0.39 is 0 Å². The molecular weight excluding hydrogens is 316 g/mol. The average molecular weight is 341 g/mol. The summed E-state index contributed by atoms with van der Waals surface area (Å²) in [6, 6.07) is 7.38. The van der Waals surface area contributed by atoms with Gasteiger partial charge in [-0.1, -0.05) is 12.1 Å². The summed E-state index contributed by atoms with van der Waals surface area (Å²) >= 11 is 0. The molecule has 0 spiro atoms. The number of carbonyl (C=O) groups is 1. The van der Waals surface area contributed by atoms with Crippen molar-refractivity contribution in [2.24, 2.45) is 11.7 Å². The zero-order chi connectivity index (χ0) is 15.4. The van der Waals surface area contributed by atoms with E-state index in [9.17, 15) is 4.79 Å². The number of carbonyl (C=O) groups excluding carboxylic acids is 1. The third kappa shape index (κ3) is 5.09. The molecule has 23 heavy (non-hydrogen) atoms. The van der Waals surface area contributed by atoms with Crippen LogP contribution in [-0.4, -0.2) is 37.8 Å². The Labute approximate surface area is 143 Å². The highest BCUT2D eigenvalue weighted by atomic mass is 35.5. The van der Waals surface area contributed by atoms with E-state index in [1.807, 2.05) is 18.2 Å². The molecule has 1 saturated carbocycles. The first-order valence-corrected chi connectivity index (χ1v) is 8.11. The van der Waals surface area contributed by atoms with Crippen LogP contribution in [0.1, 0.15) is 36.0 Å². The van der Waals surface area contributed by atoms with Crippen molar-refractivity contribution in [3.63, 3.8) is 0 Å². The fraction of sp³-hybridized carbons (Fsp3) is 0.588. The number of halogens is 1. The van der Waals surface area contributed by atoms with Gasteiger partial charge in [-0.25, -0.2) is 0 Å². The minimum absolute atomic E-state index is 0. The highest BCUT2D eigenvalue weighted by Crippen LogP contribution is 2.31. The van der Waals surface area contributed by atoms with Crippen molar-refractivity contribution in [1.29, 1.82) is 0 Å². The molecule has 0 aromatic heterocycles. The number of nitrogens with two attached hydrogens (primary N) is 1. The molecule has 2 unspecified atom stereocenters. The maximum atomic E-state index is 12.3. The molecule has 1 amide bonds. The van der Waals surface area contributed by atoms with Gasteiger partial charge in [-0.3, -0.25) is 4.79 Å². The molecule has 3 rings (SSSR count). The topological polar surface area (TPSA) is 73.6 Å². The SMILES string of the molecule is Cl.NC(CNC(=O)c1ccccc1OCC1CCCO1)C1CC1. The Kier molecular flexibility index (Phi) is 6.69. The summed E-state index contributed by atoms with van der Waals surface area (Å²) in [7, 11) is 0. The van der Waals surface area contributed by atoms with Crippen molar-refractivity contribution >= 4 is 18.3 Å². The number of rotatable bonds is 7. The predicted octanol–water partition coefficient (Wildman–Crippen LogP) is 2.13. The summed E-state index contributed by atoms with van der Waals surface area (Å²) in [5.41, 5.74) is 6.58. The van der Waals surface area contributed by atoms with Crippen molar-refractivity contribution in [3.05, 3.63) is 29.8 Å². The van der Waals surface area contributed by atoms with Crippen LogP contribution in [0.4, 0.5) is 0 Å². The molecular formula is C17H25ClN2O3. The molecule has 2 atom stereocenters. The first-order chi connectivity index (χ1) is 10.7. The Balaban J connectivity index is 0.00000192. The Hall–Kier alpha value is -1.30. The first-order valence-electron chi connectivity index (χ1n) is 8.11. The zero-order valence-electron chi connectivity index (χ0n) is 13.2. The lowest BCUT2D eigenvalue weighted by molar-refractivity contribution is 0.0670. The molecule has 1 aliphatic carbocycles. The molecule has 1 aliphatic heterocycles. The fourth-order valence-corrected chi connectivity index (χ4v) is 2.74. The van der Waals surface area contributed by atoms with Crippen molar-refractivity contribution in [1.82, 2.24) is 5.32 Å². The molecule has 6 heteroatoms. The second-order valence-electron chi connectivity index (χ2n) is 6.15. The number of ether oxygens (including phenoxy) is 2. The summed E-state index contributed by atoms with van der Waals surface area (Å²) < 4.78 is 11.3. The quantitative estimate of drug-likeness (QED) is 0.797. The lowest BCUT2D eigenvalue weighted by Crippen LogP contribution is -2.38. The highest BCUT2D eigenvalue weighted by molar-refractivity contribution is 5.96. The molecule has 5 nitrogen and oxygen atoms in total. The largest absolute Gasteiger partial charge is 0.490 e. The number of para-hydroxylation sites is 1. The molecule has 1 aromatic rings. The number of benzene rings is 1. The van der Waals surface area contributed by atoms with E-state index >= 15 is 0 Å². The van der Waals surface area contributed by atoms with Crippen LogP contribution in [0.25, 0.3) is 0 Å². The number of amides is 1. The minimum Gasteiger partial charge on any atom is -0.490 e. The molecule has 2 aliphatic rings. The van der Waals surface area contributed by atoms with Gasteiger partial charge in [0.25, 0.3) is 5.91 Å². The van der Waals surface area contributed by atoms with E-state index in [0.717, 1.165) is 19.4 Å². The molecule has 1 aromatic carbocycles. The third-order valence-corrected chi connectivity index (χ3v) is 4.31. The van der Waals surface area contributed by atoms with Crippen molar-refractivity contribution in [2.45, 2.75) is 37.8 Å². The molecule has 1 saturated heterocycles. The van der Waals surface area contributed by atoms with Crippen molar-refractivity contribution in [2.75, 3.05) is 19.8 Å². The van der Waals surface area contributed by atoms with Crippen LogP contribution in [0.15, 0.2) is 24.3 Å². The van der Waals surface area contributed by atoms with E-state index in [2.05, 4.69) is 5.32 Å². The normalized spacial score (nSPS) is 21.3. The van der Waals surface area contributed by atoms with Gasteiger partial charge in [0, 0.05) is 19.2 Å². The summed E-state index contributed by atoms with van der Waals surface area (Å²) in [4.78, 5) is 12.3. The zero-order valence-corrected chi connectivity index (χ0v) is 14.0. The van der Waals surface area contributed by atoms with E-state index in [4.69, 9.17) is 15.2 Å². The van der Waals surface area contributed by atoms with Crippen molar-refractivity contribution < 1.29 is 14.3 Å². The standard InChI is InChI=1S/C17H24N2O3.ClH/c18-15(12-7-8-12)10-19-17(20)14-5-1-2-6-16(14)22-11-13-4-3-9-21-13;/h1-2,5-6,12-13,15H,3-4,7-11,18H2,(H,19,20);1H. The Bertz CT molecular complexity index is 516. The van der Waals surface area contributed by atoms with Crippen molar-refractivity contribution in [3.8, 4) is 5.75 Å². The first kappa shape index (κ1) is 18.0. The van der Waals surface area contributed by atoms with Crippen LogP contribution in [0.2, 0.25) is 0 Å². The molecule has 128 valence electrons. The number of hydrogen-bond donors (Lipinski definition) is 2. The second kappa shape index (κ2) is 8.52. The van der Waals surface area contributed by atoms with Gasteiger partial charge in [-0.2, -0.15) is 0 Å². The van der Waals surface area contributed by atoms with Gasteiger partial charge in [0.05, 0.1) is 11.7 Å². The van der Waals surface area contributed by atoms with Gasteiger partial charge in [0.2, 0.25) is 0 Å². The summed E-state index contributed by atoms with van der Waals surface area (Å²) in [5, 5.41) is 2.91. The van der Waals surface area contributed by atoms with Crippen LogP contribution in [0.5, 0.6) is 5.75 Å². The van der Waals surface area contributed by atoms with E-state index in [-0.39, 0.29) is 30.5 Å². The third-order valence-electron chi connectivity index (χ3n) is 4.31. The van der Waals surface area contributed by atoms with Crippen LogP contribution in [0, 0.1) is 5.92 Å². The predicted molar refractivity (Wildman–Crippen MR) is 91.2 cm³/mol. The Morgan fingerprint density at radius 2 is 2.13 bits per heavy atom. The van der Waals surface area contributed by atoms with E-state index in [1.54, 1.807) is 6.07 Å². The lowest BCUT2D eigenvalue weighted by atomic mass is 10.1. The fourth-order valence-electron chi connectivity index (χ4n) is 2.74. The van der Waals surface area contributed by atoms with Gasteiger partial charge in [-0.15, -0.1) is 12.4 Å². The monoisotopic (exact) mass is 340 g/mol. The second-order valence-corrected chi connectivity index (χ2v) is 6.15. The molecule has 2 fully saturated rings. The van der Waals surface area contributed by atoms with E-state index in [1.165, 1.54) is 12.8 Å².